The number of likely N-dealkylation sites (tertiary alicyclic amines) is 1. The van der Waals surface area contributed by atoms with Crippen LogP contribution in [0.25, 0.3) is 0 Å². The second-order valence-corrected chi connectivity index (χ2v) is 5.64. The summed E-state index contributed by atoms with van der Waals surface area (Å²) in [6.45, 7) is 7.32. The molecule has 1 heterocycles. The summed E-state index contributed by atoms with van der Waals surface area (Å²) in [5.74, 6) is -0.869. The summed E-state index contributed by atoms with van der Waals surface area (Å²) in [6.07, 6.45) is 5.66. The van der Waals surface area contributed by atoms with Crippen LogP contribution in [0.1, 0.15) is 59.3 Å². The van der Waals surface area contributed by atoms with Gasteiger partial charge in [0, 0.05) is 12.1 Å². The van der Waals surface area contributed by atoms with Crippen molar-refractivity contribution < 1.29 is 9.90 Å². The van der Waals surface area contributed by atoms with E-state index in [1.807, 2.05) is 6.92 Å². The Morgan fingerprint density at radius 1 is 1.44 bits per heavy atom. The lowest BCUT2D eigenvalue weighted by molar-refractivity contribution is -0.143. The van der Waals surface area contributed by atoms with Gasteiger partial charge in [0.25, 0.3) is 0 Å². The highest BCUT2D eigenvalue weighted by molar-refractivity contribution is 5.78. The van der Waals surface area contributed by atoms with Crippen LogP contribution in [-0.2, 0) is 4.79 Å². The highest BCUT2D eigenvalue weighted by Gasteiger charge is 2.33. The average molecular weight is 256 g/mol. The summed E-state index contributed by atoms with van der Waals surface area (Å²) in [5, 5.41) is 9.14. The maximum atomic E-state index is 11.1. The molecule has 0 aromatic carbocycles. The van der Waals surface area contributed by atoms with Crippen LogP contribution in [-0.4, -0.2) is 40.1 Å². The Morgan fingerprint density at radius 3 is 2.61 bits per heavy atom. The molecule has 0 aromatic rings. The molecule has 0 amide bonds. The molecule has 0 radical (unpaired) electrons. The van der Waals surface area contributed by atoms with Gasteiger partial charge < -0.3 is 10.8 Å². The van der Waals surface area contributed by atoms with Gasteiger partial charge in [-0.1, -0.05) is 13.8 Å². The molecule has 3 unspecified atom stereocenters. The zero-order valence-electron chi connectivity index (χ0n) is 12.0. The van der Waals surface area contributed by atoms with E-state index >= 15 is 0 Å². The van der Waals surface area contributed by atoms with Gasteiger partial charge in [-0.15, -0.1) is 0 Å². The molecule has 4 nitrogen and oxygen atoms in total. The van der Waals surface area contributed by atoms with E-state index in [0.29, 0.717) is 24.9 Å². The molecule has 1 aliphatic heterocycles. The van der Waals surface area contributed by atoms with Crippen molar-refractivity contribution in [2.75, 3.05) is 6.54 Å². The van der Waals surface area contributed by atoms with Crippen molar-refractivity contribution in [3.8, 4) is 0 Å². The molecule has 1 rings (SSSR count). The van der Waals surface area contributed by atoms with E-state index in [0.717, 1.165) is 13.0 Å². The number of carboxylic acid groups (broad SMARTS) is 1. The fourth-order valence-electron chi connectivity index (χ4n) is 2.98. The first kappa shape index (κ1) is 15.4. The van der Waals surface area contributed by atoms with E-state index in [9.17, 15) is 4.79 Å². The summed E-state index contributed by atoms with van der Waals surface area (Å²) >= 11 is 0. The normalized spacial score (nSPS) is 28.2. The molecule has 4 heteroatoms. The Bertz CT molecular complexity index is 283. The Morgan fingerprint density at radius 2 is 2.11 bits per heavy atom. The molecule has 18 heavy (non-hydrogen) atoms. The Hall–Kier alpha value is -0.610. The number of carbonyl (C=O) groups is 1. The lowest BCUT2D eigenvalue weighted by Gasteiger charge is -2.29. The van der Waals surface area contributed by atoms with Crippen LogP contribution in [0.3, 0.4) is 0 Å². The number of nitrogens with two attached hydrogens (primary N) is 1. The van der Waals surface area contributed by atoms with Crippen LogP contribution < -0.4 is 5.73 Å². The molecule has 1 saturated heterocycles. The maximum absolute atomic E-state index is 11.1. The van der Waals surface area contributed by atoms with Gasteiger partial charge in [-0.2, -0.15) is 0 Å². The summed E-state index contributed by atoms with van der Waals surface area (Å²) < 4.78 is 0. The third kappa shape index (κ3) is 3.45. The van der Waals surface area contributed by atoms with Crippen LogP contribution in [0.5, 0.6) is 0 Å². The summed E-state index contributed by atoms with van der Waals surface area (Å²) in [6, 6.07) is 1.31. The van der Waals surface area contributed by atoms with Gasteiger partial charge in [-0.05, 0) is 52.0 Å². The average Bonchev–Trinajstić information content (AvgIpc) is 2.70. The highest BCUT2D eigenvalue weighted by atomic mass is 16.4. The Kier molecular flexibility index (Phi) is 5.60. The molecule has 0 bridgehead atoms. The summed E-state index contributed by atoms with van der Waals surface area (Å²) in [4.78, 5) is 13.7. The van der Waals surface area contributed by atoms with E-state index in [-0.39, 0.29) is 0 Å². The molecular formula is C14H28N2O2. The van der Waals surface area contributed by atoms with Crippen LogP contribution in [0, 0.1) is 0 Å². The fourth-order valence-corrected chi connectivity index (χ4v) is 2.98. The molecule has 3 atom stereocenters. The first-order valence-corrected chi connectivity index (χ1v) is 7.22. The number of aliphatic carboxylic acids is 1. The first-order chi connectivity index (χ1) is 8.44. The second kappa shape index (κ2) is 6.53. The van der Waals surface area contributed by atoms with E-state index in [1.54, 1.807) is 0 Å². The number of carboxylic acids is 1. The third-order valence-corrected chi connectivity index (χ3v) is 4.52. The zero-order valence-corrected chi connectivity index (χ0v) is 12.0. The fraction of sp³-hybridized carbons (Fsp3) is 0.929. The smallest absolute Gasteiger partial charge is 0.323 e. The van der Waals surface area contributed by atoms with Crippen molar-refractivity contribution in [3.63, 3.8) is 0 Å². The van der Waals surface area contributed by atoms with Crippen LogP contribution in [0.4, 0.5) is 0 Å². The summed E-state index contributed by atoms with van der Waals surface area (Å²) in [5.41, 5.74) is 4.87. The van der Waals surface area contributed by atoms with Crippen molar-refractivity contribution in [1.29, 1.82) is 0 Å². The van der Waals surface area contributed by atoms with Gasteiger partial charge >= 0.3 is 5.97 Å². The molecule has 106 valence electrons. The Balaban J connectivity index is 2.43. The van der Waals surface area contributed by atoms with Gasteiger partial charge in [-0.25, -0.2) is 0 Å². The second-order valence-electron chi connectivity index (χ2n) is 5.64. The minimum absolute atomic E-state index is 0.495. The largest absolute Gasteiger partial charge is 0.480 e. The van der Waals surface area contributed by atoms with Gasteiger partial charge in [0.15, 0.2) is 0 Å². The number of nitrogens with zero attached hydrogens (tertiary/aromatic N) is 1. The van der Waals surface area contributed by atoms with E-state index in [2.05, 4.69) is 18.7 Å². The maximum Gasteiger partial charge on any atom is 0.323 e. The molecule has 1 fully saturated rings. The summed E-state index contributed by atoms with van der Waals surface area (Å²) in [7, 11) is 0. The van der Waals surface area contributed by atoms with Gasteiger partial charge in [0.2, 0.25) is 0 Å². The topological polar surface area (TPSA) is 66.6 Å². The van der Waals surface area contributed by atoms with Crippen molar-refractivity contribution in [2.24, 2.45) is 5.73 Å². The number of hydrogen-bond donors (Lipinski definition) is 2. The van der Waals surface area contributed by atoms with E-state index in [4.69, 9.17) is 10.8 Å². The molecule has 0 aromatic heterocycles. The minimum atomic E-state index is -1.04. The van der Waals surface area contributed by atoms with Gasteiger partial charge in [-0.3, -0.25) is 9.69 Å². The predicted octanol–water partition coefficient (Wildman–Crippen LogP) is 2.22. The Labute approximate surface area is 111 Å². The van der Waals surface area contributed by atoms with Gasteiger partial charge in [0.05, 0.1) is 0 Å². The quantitative estimate of drug-likeness (QED) is 0.733. The van der Waals surface area contributed by atoms with Crippen LogP contribution in [0.15, 0.2) is 0 Å². The minimum Gasteiger partial charge on any atom is -0.480 e. The third-order valence-electron chi connectivity index (χ3n) is 4.52. The molecule has 1 aliphatic rings. The van der Waals surface area contributed by atoms with Gasteiger partial charge in [0.1, 0.15) is 5.54 Å². The predicted molar refractivity (Wildman–Crippen MR) is 73.6 cm³/mol. The molecule has 0 aliphatic carbocycles. The standard InChI is InChI=1S/C14H28N2O2/c1-4-12-8-7-11(3)16(12)10-6-9-14(15,5-2)13(17)18/h11-12H,4-10,15H2,1-3H3,(H,17,18). The lowest BCUT2D eigenvalue weighted by atomic mass is 9.91. The molecule has 3 N–H and O–H groups in total. The van der Waals surface area contributed by atoms with Crippen molar-refractivity contribution in [1.82, 2.24) is 4.90 Å². The van der Waals surface area contributed by atoms with Crippen LogP contribution in [0.2, 0.25) is 0 Å². The van der Waals surface area contributed by atoms with E-state index < -0.39 is 11.5 Å². The first-order valence-electron chi connectivity index (χ1n) is 7.22. The zero-order chi connectivity index (χ0) is 13.8. The molecule has 0 saturated carbocycles. The van der Waals surface area contributed by atoms with Crippen molar-refractivity contribution in [2.45, 2.75) is 76.9 Å². The SMILES string of the molecule is CCC1CCC(C)N1CCCC(N)(CC)C(=O)O. The van der Waals surface area contributed by atoms with E-state index in [1.165, 1.54) is 19.3 Å². The van der Waals surface area contributed by atoms with Crippen molar-refractivity contribution >= 4 is 5.97 Å². The number of hydrogen-bond acceptors (Lipinski definition) is 3. The number of rotatable bonds is 7. The highest BCUT2D eigenvalue weighted by Crippen LogP contribution is 2.27. The van der Waals surface area contributed by atoms with Crippen molar-refractivity contribution in [3.05, 3.63) is 0 Å². The van der Waals surface area contributed by atoms with Crippen LogP contribution >= 0.6 is 0 Å². The lowest BCUT2D eigenvalue weighted by Crippen LogP contribution is -2.48. The molecular weight excluding hydrogens is 228 g/mol. The monoisotopic (exact) mass is 256 g/mol. The molecule has 0 spiro atoms.